The van der Waals surface area contributed by atoms with Crippen LogP contribution in [0, 0.1) is 0 Å². The van der Waals surface area contributed by atoms with Crippen molar-refractivity contribution in [2.45, 2.75) is 11.3 Å². The predicted octanol–water partition coefficient (Wildman–Crippen LogP) is 0.458. The average molecular weight is 222 g/mol. The van der Waals surface area contributed by atoms with Crippen molar-refractivity contribution in [2.75, 3.05) is 13.1 Å². The SMILES string of the molecule is O=S(=O)(c1cn[nH]c1Cl)N1CCC1. The lowest BCUT2D eigenvalue weighted by atomic mass is 10.3. The lowest BCUT2D eigenvalue weighted by molar-refractivity contribution is 0.309. The van der Waals surface area contributed by atoms with Crippen LogP contribution in [0.15, 0.2) is 11.1 Å². The van der Waals surface area contributed by atoms with E-state index in [1.54, 1.807) is 0 Å². The number of aromatic nitrogens is 2. The van der Waals surface area contributed by atoms with Gasteiger partial charge in [0, 0.05) is 13.1 Å². The maximum absolute atomic E-state index is 11.7. The summed E-state index contributed by atoms with van der Waals surface area (Å²) in [6.07, 6.45) is 2.14. The molecule has 1 aliphatic heterocycles. The summed E-state index contributed by atoms with van der Waals surface area (Å²) in [7, 11) is -3.38. The van der Waals surface area contributed by atoms with Crippen LogP contribution in [0.1, 0.15) is 6.42 Å². The van der Waals surface area contributed by atoms with Gasteiger partial charge in [0.2, 0.25) is 10.0 Å². The average Bonchev–Trinajstić information content (AvgIpc) is 2.29. The fourth-order valence-electron chi connectivity index (χ4n) is 1.11. The Kier molecular flexibility index (Phi) is 2.05. The Bertz CT molecular complexity index is 409. The van der Waals surface area contributed by atoms with Gasteiger partial charge in [-0.3, -0.25) is 5.10 Å². The van der Waals surface area contributed by atoms with Crippen molar-refractivity contribution >= 4 is 21.6 Å². The summed E-state index contributed by atoms with van der Waals surface area (Å²) in [5.74, 6) is 0. The van der Waals surface area contributed by atoms with E-state index in [1.165, 1.54) is 10.5 Å². The molecule has 0 aromatic carbocycles. The Morgan fingerprint density at radius 2 is 2.23 bits per heavy atom. The number of hydrogen-bond donors (Lipinski definition) is 1. The summed E-state index contributed by atoms with van der Waals surface area (Å²) in [5.41, 5.74) is 0. The fourth-order valence-corrected chi connectivity index (χ4v) is 2.97. The van der Waals surface area contributed by atoms with Gasteiger partial charge in [-0.05, 0) is 6.42 Å². The van der Waals surface area contributed by atoms with Gasteiger partial charge < -0.3 is 0 Å². The summed E-state index contributed by atoms with van der Waals surface area (Å²) in [6.45, 7) is 1.15. The first-order valence-electron chi connectivity index (χ1n) is 3.81. The molecule has 72 valence electrons. The van der Waals surface area contributed by atoms with Gasteiger partial charge in [0.05, 0.1) is 6.20 Å². The summed E-state index contributed by atoms with van der Waals surface area (Å²) < 4.78 is 24.7. The molecule has 0 bridgehead atoms. The molecule has 2 rings (SSSR count). The maximum Gasteiger partial charge on any atom is 0.247 e. The molecule has 1 fully saturated rings. The highest BCUT2D eigenvalue weighted by Gasteiger charge is 2.31. The molecule has 0 spiro atoms. The normalized spacial score (nSPS) is 18.5. The third kappa shape index (κ3) is 1.34. The van der Waals surface area contributed by atoms with Crippen molar-refractivity contribution in [3.8, 4) is 0 Å². The molecule has 1 aromatic heterocycles. The molecular formula is C6H8ClN3O2S. The third-order valence-electron chi connectivity index (χ3n) is 1.99. The van der Waals surface area contributed by atoms with Gasteiger partial charge in [0.15, 0.2) is 0 Å². The standard InChI is InChI=1S/C6H8ClN3O2S/c7-6-5(4-8-9-6)13(11,12)10-2-1-3-10/h4H,1-3H2,(H,8,9). The topological polar surface area (TPSA) is 66.1 Å². The zero-order valence-electron chi connectivity index (χ0n) is 6.70. The second-order valence-electron chi connectivity index (χ2n) is 2.81. The van der Waals surface area contributed by atoms with Gasteiger partial charge in [-0.25, -0.2) is 8.42 Å². The Morgan fingerprint density at radius 3 is 2.62 bits per heavy atom. The molecule has 0 atom stereocenters. The highest BCUT2D eigenvalue weighted by atomic mass is 35.5. The number of nitrogens with zero attached hydrogens (tertiary/aromatic N) is 2. The van der Waals surface area contributed by atoms with Crippen molar-refractivity contribution in [3.05, 3.63) is 11.3 Å². The zero-order chi connectivity index (χ0) is 9.47. The summed E-state index contributed by atoms with van der Waals surface area (Å²) in [5, 5.41) is 6.03. The van der Waals surface area contributed by atoms with E-state index in [1.807, 2.05) is 0 Å². The fraction of sp³-hybridized carbons (Fsp3) is 0.500. The van der Waals surface area contributed by atoms with Crippen molar-refractivity contribution in [2.24, 2.45) is 0 Å². The Morgan fingerprint density at radius 1 is 1.54 bits per heavy atom. The molecule has 1 aliphatic rings. The van der Waals surface area contributed by atoms with Gasteiger partial charge in [0.1, 0.15) is 10.0 Å². The van der Waals surface area contributed by atoms with Crippen LogP contribution in [-0.2, 0) is 10.0 Å². The number of H-pyrrole nitrogens is 1. The van der Waals surface area contributed by atoms with Gasteiger partial charge >= 0.3 is 0 Å². The van der Waals surface area contributed by atoms with Gasteiger partial charge in [-0.1, -0.05) is 11.6 Å². The third-order valence-corrected chi connectivity index (χ3v) is 4.30. The quantitative estimate of drug-likeness (QED) is 0.789. The lowest BCUT2D eigenvalue weighted by Gasteiger charge is -2.29. The molecule has 13 heavy (non-hydrogen) atoms. The molecule has 1 aromatic rings. The Balaban J connectivity index is 2.39. The van der Waals surface area contributed by atoms with Crippen LogP contribution in [0.4, 0.5) is 0 Å². The lowest BCUT2D eigenvalue weighted by Crippen LogP contribution is -2.41. The van der Waals surface area contributed by atoms with Crippen LogP contribution in [-0.4, -0.2) is 36.0 Å². The first kappa shape index (κ1) is 8.98. The van der Waals surface area contributed by atoms with Crippen molar-refractivity contribution in [1.29, 1.82) is 0 Å². The van der Waals surface area contributed by atoms with Crippen LogP contribution in [0.5, 0.6) is 0 Å². The highest BCUT2D eigenvalue weighted by molar-refractivity contribution is 7.89. The molecule has 0 radical (unpaired) electrons. The molecule has 1 saturated heterocycles. The Hall–Kier alpha value is -0.590. The predicted molar refractivity (Wildman–Crippen MR) is 47.0 cm³/mol. The van der Waals surface area contributed by atoms with E-state index in [2.05, 4.69) is 10.2 Å². The van der Waals surface area contributed by atoms with Gasteiger partial charge in [0.25, 0.3) is 0 Å². The number of aromatic amines is 1. The minimum atomic E-state index is -3.38. The number of halogens is 1. The van der Waals surface area contributed by atoms with E-state index in [0.29, 0.717) is 13.1 Å². The molecule has 0 amide bonds. The van der Waals surface area contributed by atoms with Crippen LogP contribution in [0.25, 0.3) is 0 Å². The van der Waals surface area contributed by atoms with E-state index in [0.717, 1.165) is 6.42 Å². The van der Waals surface area contributed by atoms with Crippen LogP contribution >= 0.6 is 11.6 Å². The van der Waals surface area contributed by atoms with Crippen molar-refractivity contribution < 1.29 is 8.42 Å². The van der Waals surface area contributed by atoms with Crippen LogP contribution in [0.3, 0.4) is 0 Å². The van der Waals surface area contributed by atoms with Gasteiger partial charge in [-0.15, -0.1) is 0 Å². The molecule has 7 heteroatoms. The summed E-state index contributed by atoms with van der Waals surface area (Å²) in [6, 6.07) is 0. The summed E-state index contributed by atoms with van der Waals surface area (Å²) >= 11 is 5.63. The molecule has 1 N–H and O–H groups in total. The molecule has 0 aliphatic carbocycles. The van der Waals surface area contributed by atoms with E-state index in [4.69, 9.17) is 11.6 Å². The second kappa shape index (κ2) is 2.97. The monoisotopic (exact) mass is 221 g/mol. The highest BCUT2D eigenvalue weighted by Crippen LogP contribution is 2.25. The van der Waals surface area contributed by atoms with E-state index in [-0.39, 0.29) is 10.0 Å². The van der Waals surface area contributed by atoms with Crippen LogP contribution in [0.2, 0.25) is 5.15 Å². The largest absolute Gasteiger partial charge is 0.266 e. The van der Waals surface area contributed by atoms with Crippen LogP contribution < -0.4 is 0 Å². The van der Waals surface area contributed by atoms with Gasteiger partial charge in [-0.2, -0.15) is 9.40 Å². The molecular weight excluding hydrogens is 214 g/mol. The Labute approximate surface area is 80.7 Å². The first-order chi connectivity index (χ1) is 6.12. The molecule has 0 saturated carbocycles. The minimum Gasteiger partial charge on any atom is -0.266 e. The molecule has 0 unspecified atom stereocenters. The zero-order valence-corrected chi connectivity index (χ0v) is 8.27. The van der Waals surface area contributed by atoms with E-state index < -0.39 is 10.0 Å². The smallest absolute Gasteiger partial charge is 0.247 e. The first-order valence-corrected chi connectivity index (χ1v) is 5.63. The second-order valence-corrected chi connectivity index (χ2v) is 5.09. The maximum atomic E-state index is 11.7. The van der Waals surface area contributed by atoms with Crippen molar-refractivity contribution in [1.82, 2.24) is 14.5 Å². The van der Waals surface area contributed by atoms with Crippen molar-refractivity contribution in [3.63, 3.8) is 0 Å². The molecule has 5 nitrogen and oxygen atoms in total. The number of nitrogens with one attached hydrogen (secondary N) is 1. The van der Waals surface area contributed by atoms with E-state index >= 15 is 0 Å². The molecule has 2 heterocycles. The van der Waals surface area contributed by atoms with E-state index in [9.17, 15) is 8.42 Å². The number of sulfonamides is 1. The minimum absolute atomic E-state index is 0.0638. The number of rotatable bonds is 2. The number of hydrogen-bond acceptors (Lipinski definition) is 3. The summed E-state index contributed by atoms with van der Waals surface area (Å²) in [4.78, 5) is 0.0638.